The third-order valence-electron chi connectivity index (χ3n) is 4.66. The molecule has 2 aliphatic heterocycles. The molecule has 1 fully saturated rings. The summed E-state index contributed by atoms with van der Waals surface area (Å²) in [5, 5.41) is 0. The van der Waals surface area contributed by atoms with E-state index < -0.39 is 0 Å². The summed E-state index contributed by atoms with van der Waals surface area (Å²) in [5.41, 5.74) is 2.60. The van der Waals surface area contributed by atoms with Gasteiger partial charge in [0.05, 0.1) is 5.69 Å². The predicted molar refractivity (Wildman–Crippen MR) is 81.0 cm³/mol. The Hall–Kier alpha value is -1.20. The van der Waals surface area contributed by atoms with Crippen LogP contribution in [0.15, 0.2) is 6.33 Å². The number of hydrogen-bond donors (Lipinski definition) is 0. The van der Waals surface area contributed by atoms with Crippen LogP contribution in [0.1, 0.15) is 24.1 Å². The van der Waals surface area contributed by atoms with E-state index in [9.17, 15) is 0 Å². The number of hydrogen-bond acceptors (Lipinski definition) is 5. The number of aromatic nitrogens is 2. The molecular weight excluding hydrogens is 250 g/mol. The summed E-state index contributed by atoms with van der Waals surface area (Å²) in [6.07, 6.45) is 5.25. The van der Waals surface area contributed by atoms with E-state index in [1.54, 1.807) is 6.33 Å². The molecule has 0 radical (unpaired) electrons. The van der Waals surface area contributed by atoms with Crippen LogP contribution in [0, 0.1) is 0 Å². The van der Waals surface area contributed by atoms with E-state index in [-0.39, 0.29) is 0 Å². The highest BCUT2D eigenvalue weighted by Crippen LogP contribution is 2.27. The summed E-state index contributed by atoms with van der Waals surface area (Å²) in [6.45, 7) is 4.30. The molecule has 1 saturated heterocycles. The standard InChI is InChI=1S/C15H25N5/c1-18(2)12-4-8-20(9-5-12)15-13-10-19(3)7-6-14(13)16-11-17-15/h11-12H,4-10H2,1-3H3. The van der Waals surface area contributed by atoms with E-state index in [4.69, 9.17) is 0 Å². The fourth-order valence-corrected chi connectivity index (χ4v) is 3.33. The first-order chi connectivity index (χ1) is 9.65. The van der Waals surface area contributed by atoms with Crippen LogP contribution in [0.25, 0.3) is 0 Å². The van der Waals surface area contributed by atoms with Gasteiger partial charge in [-0.05, 0) is 34.0 Å². The zero-order valence-corrected chi connectivity index (χ0v) is 12.8. The third kappa shape index (κ3) is 2.65. The zero-order chi connectivity index (χ0) is 14.1. The Labute approximate surface area is 121 Å². The molecular formula is C15H25N5. The third-order valence-corrected chi connectivity index (χ3v) is 4.66. The Morgan fingerprint density at radius 3 is 2.60 bits per heavy atom. The average molecular weight is 275 g/mol. The Morgan fingerprint density at radius 2 is 1.90 bits per heavy atom. The SMILES string of the molecule is CN1CCc2ncnc(N3CCC(N(C)C)CC3)c2C1. The van der Waals surface area contributed by atoms with E-state index in [1.807, 2.05) is 0 Å². The molecule has 0 saturated carbocycles. The maximum Gasteiger partial charge on any atom is 0.136 e. The van der Waals surface area contributed by atoms with Gasteiger partial charge in [-0.2, -0.15) is 0 Å². The van der Waals surface area contributed by atoms with Crippen LogP contribution in [0.3, 0.4) is 0 Å². The summed E-state index contributed by atoms with van der Waals surface area (Å²) in [4.78, 5) is 16.2. The molecule has 0 bridgehead atoms. The van der Waals surface area contributed by atoms with Crippen molar-refractivity contribution < 1.29 is 0 Å². The van der Waals surface area contributed by atoms with Crippen LogP contribution in [-0.2, 0) is 13.0 Å². The van der Waals surface area contributed by atoms with Crippen LogP contribution in [0.4, 0.5) is 5.82 Å². The molecule has 2 aliphatic rings. The smallest absolute Gasteiger partial charge is 0.136 e. The van der Waals surface area contributed by atoms with Crippen molar-refractivity contribution in [1.29, 1.82) is 0 Å². The lowest BCUT2D eigenvalue weighted by molar-refractivity contribution is 0.248. The second-order valence-corrected chi connectivity index (χ2v) is 6.29. The molecule has 0 aromatic carbocycles. The van der Waals surface area contributed by atoms with E-state index in [2.05, 4.69) is 45.8 Å². The number of rotatable bonds is 2. The molecule has 0 aliphatic carbocycles. The molecule has 20 heavy (non-hydrogen) atoms. The maximum atomic E-state index is 4.59. The minimum absolute atomic E-state index is 0.714. The van der Waals surface area contributed by atoms with Crippen molar-refractivity contribution in [1.82, 2.24) is 19.8 Å². The number of likely N-dealkylation sites (N-methyl/N-ethyl adjacent to an activating group) is 1. The summed E-state index contributed by atoms with van der Waals surface area (Å²) in [5.74, 6) is 1.18. The van der Waals surface area contributed by atoms with E-state index in [0.29, 0.717) is 6.04 Å². The highest BCUT2D eigenvalue weighted by Gasteiger charge is 2.26. The number of fused-ring (bicyclic) bond motifs is 1. The van der Waals surface area contributed by atoms with Crippen LogP contribution >= 0.6 is 0 Å². The molecule has 0 spiro atoms. The van der Waals surface area contributed by atoms with Gasteiger partial charge in [-0.3, -0.25) is 0 Å². The van der Waals surface area contributed by atoms with E-state index >= 15 is 0 Å². The Morgan fingerprint density at radius 1 is 1.15 bits per heavy atom. The van der Waals surface area contributed by atoms with Crippen molar-refractivity contribution in [2.24, 2.45) is 0 Å². The molecule has 1 aromatic heterocycles. The largest absolute Gasteiger partial charge is 0.356 e. The van der Waals surface area contributed by atoms with Crippen molar-refractivity contribution in [3.63, 3.8) is 0 Å². The van der Waals surface area contributed by atoms with Gasteiger partial charge in [0, 0.05) is 44.2 Å². The topological polar surface area (TPSA) is 35.5 Å². The van der Waals surface area contributed by atoms with Crippen LogP contribution < -0.4 is 4.90 Å². The lowest BCUT2D eigenvalue weighted by atomic mass is 10.0. The minimum atomic E-state index is 0.714. The molecule has 0 unspecified atom stereocenters. The fraction of sp³-hybridized carbons (Fsp3) is 0.733. The summed E-state index contributed by atoms with van der Waals surface area (Å²) < 4.78 is 0. The van der Waals surface area contributed by atoms with Crippen molar-refractivity contribution >= 4 is 5.82 Å². The molecule has 3 heterocycles. The van der Waals surface area contributed by atoms with E-state index in [1.165, 1.54) is 29.9 Å². The van der Waals surface area contributed by atoms with Crippen molar-refractivity contribution in [3.05, 3.63) is 17.6 Å². The molecule has 0 atom stereocenters. The monoisotopic (exact) mass is 275 g/mol. The normalized spacial score (nSPS) is 21.3. The highest BCUT2D eigenvalue weighted by molar-refractivity contribution is 5.49. The molecule has 1 aromatic rings. The number of piperidine rings is 1. The molecule has 5 heteroatoms. The van der Waals surface area contributed by atoms with Gasteiger partial charge in [0.15, 0.2) is 0 Å². The summed E-state index contributed by atoms with van der Waals surface area (Å²) >= 11 is 0. The molecule has 0 amide bonds. The van der Waals surface area contributed by atoms with Crippen molar-refractivity contribution in [2.75, 3.05) is 45.7 Å². The second kappa shape index (κ2) is 5.66. The van der Waals surface area contributed by atoms with Gasteiger partial charge in [-0.1, -0.05) is 0 Å². The Bertz CT molecular complexity index is 465. The predicted octanol–water partition coefficient (Wildman–Crippen LogP) is 0.995. The van der Waals surface area contributed by atoms with Crippen LogP contribution in [-0.4, -0.2) is 66.6 Å². The zero-order valence-electron chi connectivity index (χ0n) is 12.8. The van der Waals surface area contributed by atoms with Gasteiger partial charge in [-0.25, -0.2) is 9.97 Å². The second-order valence-electron chi connectivity index (χ2n) is 6.29. The van der Waals surface area contributed by atoms with Crippen molar-refractivity contribution in [3.8, 4) is 0 Å². The molecule has 3 rings (SSSR count). The molecule has 110 valence electrons. The maximum absolute atomic E-state index is 4.59. The number of anilines is 1. The highest BCUT2D eigenvalue weighted by atomic mass is 15.2. The molecule has 5 nitrogen and oxygen atoms in total. The Kier molecular flexibility index (Phi) is 3.89. The summed E-state index contributed by atoms with van der Waals surface area (Å²) in [6, 6.07) is 0.714. The lowest BCUT2D eigenvalue weighted by Crippen LogP contribution is -2.43. The van der Waals surface area contributed by atoms with E-state index in [0.717, 1.165) is 32.6 Å². The molecule has 0 N–H and O–H groups in total. The van der Waals surface area contributed by atoms with Gasteiger partial charge < -0.3 is 14.7 Å². The van der Waals surface area contributed by atoms with Gasteiger partial charge >= 0.3 is 0 Å². The quantitative estimate of drug-likeness (QED) is 0.804. The fourth-order valence-electron chi connectivity index (χ4n) is 3.33. The van der Waals surface area contributed by atoms with Gasteiger partial charge in [0.1, 0.15) is 12.1 Å². The van der Waals surface area contributed by atoms with Crippen molar-refractivity contribution in [2.45, 2.75) is 31.8 Å². The lowest BCUT2D eigenvalue weighted by Gasteiger charge is -2.37. The average Bonchev–Trinajstić information content (AvgIpc) is 2.46. The van der Waals surface area contributed by atoms with Gasteiger partial charge in [0.2, 0.25) is 0 Å². The Balaban J connectivity index is 1.78. The van der Waals surface area contributed by atoms with Crippen LogP contribution in [0.2, 0.25) is 0 Å². The van der Waals surface area contributed by atoms with Crippen LogP contribution in [0.5, 0.6) is 0 Å². The minimum Gasteiger partial charge on any atom is -0.356 e. The van der Waals surface area contributed by atoms with Gasteiger partial charge in [-0.15, -0.1) is 0 Å². The number of nitrogens with zero attached hydrogens (tertiary/aromatic N) is 5. The first-order valence-corrected chi connectivity index (χ1v) is 7.58. The summed E-state index contributed by atoms with van der Waals surface area (Å²) in [7, 11) is 6.54. The first kappa shape index (κ1) is 13.8. The first-order valence-electron chi connectivity index (χ1n) is 7.58. The van der Waals surface area contributed by atoms with Gasteiger partial charge in [0.25, 0.3) is 0 Å².